The van der Waals surface area contributed by atoms with Gasteiger partial charge in [0.2, 0.25) is 0 Å². The van der Waals surface area contributed by atoms with Crippen molar-refractivity contribution < 1.29 is 5.11 Å². The number of nitrogens with zero attached hydrogens (tertiary/aromatic N) is 1. The molecule has 0 aromatic carbocycles. The molecule has 0 amide bonds. The fraction of sp³-hybridized carbons (Fsp3) is 0.556. The highest BCUT2D eigenvalue weighted by Crippen LogP contribution is 2.09. The van der Waals surface area contributed by atoms with E-state index in [0.29, 0.717) is 24.7 Å². The number of aromatic nitrogens is 2. The SMILES string of the molecule is CC(CCO)CNc1nc[nH]c(=O)c1N. The van der Waals surface area contributed by atoms with E-state index in [1.807, 2.05) is 6.92 Å². The summed E-state index contributed by atoms with van der Waals surface area (Å²) in [4.78, 5) is 17.4. The van der Waals surface area contributed by atoms with E-state index in [0.717, 1.165) is 0 Å². The van der Waals surface area contributed by atoms with Crippen molar-refractivity contribution in [1.82, 2.24) is 9.97 Å². The van der Waals surface area contributed by atoms with Crippen molar-refractivity contribution >= 4 is 11.5 Å². The molecule has 0 radical (unpaired) electrons. The van der Waals surface area contributed by atoms with Crippen LogP contribution in [0.1, 0.15) is 13.3 Å². The van der Waals surface area contributed by atoms with Gasteiger partial charge in [0.05, 0.1) is 6.33 Å². The zero-order valence-corrected chi connectivity index (χ0v) is 8.66. The van der Waals surface area contributed by atoms with E-state index in [4.69, 9.17) is 10.8 Å². The number of aliphatic hydroxyl groups excluding tert-OH is 1. The van der Waals surface area contributed by atoms with Crippen molar-refractivity contribution in [3.05, 3.63) is 16.7 Å². The minimum atomic E-state index is -0.345. The molecule has 1 aromatic rings. The van der Waals surface area contributed by atoms with Gasteiger partial charge in [0.15, 0.2) is 5.82 Å². The summed E-state index contributed by atoms with van der Waals surface area (Å²) < 4.78 is 0. The first-order chi connectivity index (χ1) is 7.15. The molecule has 0 fully saturated rings. The maximum absolute atomic E-state index is 11.1. The number of aliphatic hydroxyl groups is 1. The minimum absolute atomic E-state index is 0.0914. The molecule has 1 unspecified atom stereocenters. The lowest BCUT2D eigenvalue weighted by molar-refractivity contribution is 0.266. The molecule has 84 valence electrons. The van der Waals surface area contributed by atoms with Crippen LogP contribution in [-0.2, 0) is 0 Å². The summed E-state index contributed by atoms with van der Waals surface area (Å²) >= 11 is 0. The first-order valence-electron chi connectivity index (χ1n) is 4.83. The topological polar surface area (TPSA) is 104 Å². The first-order valence-corrected chi connectivity index (χ1v) is 4.83. The van der Waals surface area contributed by atoms with E-state index in [2.05, 4.69) is 15.3 Å². The van der Waals surface area contributed by atoms with Gasteiger partial charge in [-0.1, -0.05) is 6.92 Å². The maximum Gasteiger partial charge on any atom is 0.276 e. The van der Waals surface area contributed by atoms with Crippen LogP contribution in [0.5, 0.6) is 0 Å². The summed E-state index contributed by atoms with van der Waals surface area (Å²) in [5.74, 6) is 0.694. The van der Waals surface area contributed by atoms with Crippen LogP contribution in [0.25, 0.3) is 0 Å². The molecular formula is C9H16N4O2. The van der Waals surface area contributed by atoms with Gasteiger partial charge in [-0.05, 0) is 12.3 Å². The highest BCUT2D eigenvalue weighted by Gasteiger charge is 2.06. The quantitative estimate of drug-likeness (QED) is 0.540. The van der Waals surface area contributed by atoms with Crippen molar-refractivity contribution in [2.45, 2.75) is 13.3 Å². The highest BCUT2D eigenvalue weighted by atomic mass is 16.3. The van der Waals surface area contributed by atoms with Gasteiger partial charge in [0, 0.05) is 13.2 Å². The van der Waals surface area contributed by atoms with Crippen molar-refractivity contribution in [2.75, 3.05) is 24.2 Å². The van der Waals surface area contributed by atoms with E-state index in [-0.39, 0.29) is 17.9 Å². The molecule has 6 nitrogen and oxygen atoms in total. The molecule has 1 atom stereocenters. The number of hydrogen-bond acceptors (Lipinski definition) is 5. The Balaban J connectivity index is 2.58. The summed E-state index contributed by atoms with van der Waals surface area (Å²) in [5, 5.41) is 11.7. The molecule has 0 spiro atoms. The van der Waals surface area contributed by atoms with Crippen LogP contribution in [0.15, 0.2) is 11.1 Å². The number of nitrogens with two attached hydrogens (primary N) is 1. The molecule has 0 aliphatic carbocycles. The second-order valence-electron chi connectivity index (χ2n) is 3.49. The molecule has 0 aliphatic rings. The molecule has 1 aromatic heterocycles. The van der Waals surface area contributed by atoms with E-state index in [1.165, 1.54) is 6.33 Å². The molecule has 1 rings (SSSR count). The Morgan fingerprint density at radius 1 is 1.73 bits per heavy atom. The predicted octanol–water partition coefficient (Wildman–Crippen LogP) is -0.218. The summed E-state index contributed by atoms with van der Waals surface area (Å²) in [6.07, 6.45) is 2.01. The van der Waals surface area contributed by atoms with Crippen molar-refractivity contribution in [3.8, 4) is 0 Å². The molecule has 0 aliphatic heterocycles. The van der Waals surface area contributed by atoms with Crippen LogP contribution in [0.4, 0.5) is 11.5 Å². The molecule has 0 saturated carbocycles. The van der Waals surface area contributed by atoms with E-state index < -0.39 is 0 Å². The number of anilines is 2. The summed E-state index contributed by atoms with van der Waals surface area (Å²) in [7, 11) is 0. The molecule has 5 N–H and O–H groups in total. The molecule has 0 saturated heterocycles. The van der Waals surface area contributed by atoms with Gasteiger partial charge in [-0.15, -0.1) is 0 Å². The van der Waals surface area contributed by atoms with Crippen LogP contribution < -0.4 is 16.6 Å². The molecule has 15 heavy (non-hydrogen) atoms. The van der Waals surface area contributed by atoms with E-state index >= 15 is 0 Å². The van der Waals surface area contributed by atoms with Crippen molar-refractivity contribution in [2.24, 2.45) is 5.92 Å². The Morgan fingerprint density at radius 2 is 2.47 bits per heavy atom. The zero-order chi connectivity index (χ0) is 11.3. The van der Waals surface area contributed by atoms with Gasteiger partial charge in [0.1, 0.15) is 5.69 Å². The summed E-state index contributed by atoms with van der Waals surface area (Å²) in [6, 6.07) is 0. The number of rotatable bonds is 5. The molecule has 1 heterocycles. The third kappa shape index (κ3) is 3.25. The number of nitrogen functional groups attached to an aromatic ring is 1. The van der Waals surface area contributed by atoms with Gasteiger partial charge in [0.25, 0.3) is 5.56 Å². The predicted molar refractivity (Wildman–Crippen MR) is 58.6 cm³/mol. The normalized spacial score (nSPS) is 12.4. The lowest BCUT2D eigenvalue weighted by atomic mass is 10.1. The Hall–Kier alpha value is -1.56. The van der Waals surface area contributed by atoms with Gasteiger partial charge in [-0.2, -0.15) is 0 Å². The van der Waals surface area contributed by atoms with Gasteiger partial charge in [-0.25, -0.2) is 4.98 Å². The summed E-state index contributed by atoms with van der Waals surface area (Å²) in [5.41, 5.74) is 5.27. The zero-order valence-electron chi connectivity index (χ0n) is 8.66. The summed E-state index contributed by atoms with van der Waals surface area (Å²) in [6.45, 7) is 2.77. The van der Waals surface area contributed by atoms with Crippen LogP contribution in [-0.4, -0.2) is 28.2 Å². The average Bonchev–Trinajstić information content (AvgIpc) is 2.21. The molecular weight excluding hydrogens is 196 g/mol. The van der Waals surface area contributed by atoms with Gasteiger partial charge >= 0.3 is 0 Å². The fourth-order valence-corrected chi connectivity index (χ4v) is 1.14. The van der Waals surface area contributed by atoms with Crippen molar-refractivity contribution in [3.63, 3.8) is 0 Å². The number of nitrogens with one attached hydrogen (secondary N) is 2. The van der Waals surface area contributed by atoms with E-state index in [9.17, 15) is 4.79 Å². The third-order valence-corrected chi connectivity index (χ3v) is 2.13. The lowest BCUT2D eigenvalue weighted by Crippen LogP contribution is -2.19. The Labute approximate surface area is 87.5 Å². The smallest absolute Gasteiger partial charge is 0.276 e. The average molecular weight is 212 g/mol. The van der Waals surface area contributed by atoms with Gasteiger partial charge in [-0.3, -0.25) is 4.79 Å². The van der Waals surface area contributed by atoms with Gasteiger partial charge < -0.3 is 21.1 Å². The number of aromatic amines is 1. The molecule has 6 heteroatoms. The highest BCUT2D eigenvalue weighted by molar-refractivity contribution is 5.58. The van der Waals surface area contributed by atoms with Crippen LogP contribution >= 0.6 is 0 Å². The molecule has 0 bridgehead atoms. The Kier molecular flexibility index (Phi) is 4.11. The second-order valence-corrected chi connectivity index (χ2v) is 3.49. The van der Waals surface area contributed by atoms with Crippen LogP contribution in [0.3, 0.4) is 0 Å². The third-order valence-electron chi connectivity index (χ3n) is 2.13. The minimum Gasteiger partial charge on any atom is -0.396 e. The van der Waals surface area contributed by atoms with Crippen molar-refractivity contribution in [1.29, 1.82) is 0 Å². The maximum atomic E-state index is 11.1. The Bertz CT molecular complexity index is 363. The monoisotopic (exact) mass is 212 g/mol. The second kappa shape index (κ2) is 5.35. The van der Waals surface area contributed by atoms with E-state index in [1.54, 1.807) is 0 Å². The van der Waals surface area contributed by atoms with Crippen LogP contribution in [0.2, 0.25) is 0 Å². The fourth-order valence-electron chi connectivity index (χ4n) is 1.14. The number of H-pyrrole nitrogens is 1. The largest absolute Gasteiger partial charge is 0.396 e. The van der Waals surface area contributed by atoms with Crippen LogP contribution in [0, 0.1) is 5.92 Å². The lowest BCUT2D eigenvalue weighted by Gasteiger charge is -2.12. The Morgan fingerprint density at radius 3 is 3.13 bits per heavy atom. The first kappa shape index (κ1) is 11.5. The number of hydrogen-bond donors (Lipinski definition) is 4. The standard InChI is InChI=1S/C9H16N4O2/c1-6(2-3-14)4-11-8-7(10)9(15)13-5-12-8/h5-6,14H,2-4,10H2,1H3,(H2,11,12,13,15).